The minimum atomic E-state index is -4.46. The summed E-state index contributed by atoms with van der Waals surface area (Å²) in [6, 6.07) is 13.3. The van der Waals surface area contributed by atoms with Gasteiger partial charge in [0.2, 0.25) is 0 Å². The zero-order valence-corrected chi connectivity index (χ0v) is 10.4. The van der Waals surface area contributed by atoms with Crippen molar-refractivity contribution in [2.75, 3.05) is 0 Å². The molecule has 0 aliphatic carbocycles. The molecule has 0 spiro atoms. The van der Waals surface area contributed by atoms with Crippen LogP contribution in [0.2, 0.25) is 5.02 Å². The van der Waals surface area contributed by atoms with Crippen LogP contribution in [0.1, 0.15) is 11.1 Å². The van der Waals surface area contributed by atoms with Crippen LogP contribution in [0.25, 0.3) is 0 Å². The molecule has 5 heteroatoms. The van der Waals surface area contributed by atoms with Crippen molar-refractivity contribution in [2.24, 2.45) is 0 Å². The highest BCUT2D eigenvalue weighted by atomic mass is 35.5. The van der Waals surface area contributed by atoms with Crippen molar-refractivity contribution in [3.05, 3.63) is 64.7 Å². The molecular weight excluding hydrogens is 277 g/mol. The number of benzene rings is 2. The van der Waals surface area contributed by atoms with Gasteiger partial charge in [-0.1, -0.05) is 35.9 Å². The topological polar surface area (TPSA) is 9.23 Å². The van der Waals surface area contributed by atoms with Crippen LogP contribution in [0.5, 0.6) is 5.75 Å². The minimum absolute atomic E-state index is 0.0272. The maximum atomic E-state index is 12.7. The molecule has 2 aromatic carbocycles. The number of rotatable bonds is 3. The van der Waals surface area contributed by atoms with Gasteiger partial charge in [0.05, 0.1) is 10.6 Å². The maximum absolute atomic E-state index is 12.7. The fraction of sp³-hybridized carbons (Fsp3) is 0.143. The average molecular weight is 286 g/mol. The molecule has 19 heavy (non-hydrogen) atoms. The van der Waals surface area contributed by atoms with Crippen molar-refractivity contribution in [2.45, 2.75) is 12.8 Å². The molecule has 0 aromatic heterocycles. The van der Waals surface area contributed by atoms with E-state index < -0.39 is 11.7 Å². The lowest BCUT2D eigenvalue weighted by Crippen LogP contribution is -2.08. The Balaban J connectivity index is 2.18. The highest BCUT2D eigenvalue weighted by Crippen LogP contribution is 2.36. The van der Waals surface area contributed by atoms with E-state index in [1.807, 2.05) is 0 Å². The van der Waals surface area contributed by atoms with Crippen LogP contribution in [0, 0.1) is 6.07 Å². The van der Waals surface area contributed by atoms with Crippen molar-refractivity contribution in [3.8, 4) is 5.75 Å². The van der Waals surface area contributed by atoms with Crippen molar-refractivity contribution >= 4 is 11.6 Å². The van der Waals surface area contributed by atoms with Crippen molar-refractivity contribution in [1.82, 2.24) is 0 Å². The van der Waals surface area contributed by atoms with Crippen molar-refractivity contribution in [1.29, 1.82) is 0 Å². The minimum Gasteiger partial charge on any atom is -0.489 e. The Morgan fingerprint density at radius 1 is 1.16 bits per heavy atom. The smallest absolute Gasteiger partial charge is 0.417 e. The highest BCUT2D eigenvalue weighted by Gasteiger charge is 2.33. The molecule has 0 heterocycles. The largest absolute Gasteiger partial charge is 0.489 e. The first-order valence-electron chi connectivity index (χ1n) is 5.42. The normalized spacial score (nSPS) is 11.4. The fourth-order valence-corrected chi connectivity index (χ4v) is 1.83. The number of hydrogen-bond acceptors (Lipinski definition) is 1. The molecule has 0 saturated carbocycles. The maximum Gasteiger partial charge on any atom is 0.417 e. The summed E-state index contributed by atoms with van der Waals surface area (Å²) in [5.74, 6) is 0.524. The first kappa shape index (κ1) is 13.7. The Labute approximate surface area is 113 Å². The van der Waals surface area contributed by atoms with Crippen LogP contribution in [-0.2, 0) is 12.8 Å². The van der Waals surface area contributed by atoms with E-state index in [4.69, 9.17) is 16.3 Å². The van der Waals surface area contributed by atoms with E-state index >= 15 is 0 Å². The third kappa shape index (κ3) is 3.41. The summed E-state index contributed by atoms with van der Waals surface area (Å²) in [6.45, 7) is -0.0272. The summed E-state index contributed by atoms with van der Waals surface area (Å²) in [5, 5.41) is -0.324. The molecule has 0 aliphatic heterocycles. The number of halogens is 4. The van der Waals surface area contributed by atoms with Crippen LogP contribution in [0.15, 0.2) is 42.5 Å². The summed E-state index contributed by atoms with van der Waals surface area (Å²) in [5.41, 5.74) is -0.560. The standard InChI is InChI=1S/C14H9ClF3O/c15-13-10(5-4-8-12(13)14(16,17)18)9-19-11-6-2-1-3-7-11/h1-2,4-8H,9H2. The van der Waals surface area contributed by atoms with E-state index in [1.165, 1.54) is 12.1 Å². The van der Waals surface area contributed by atoms with Crippen LogP contribution >= 0.6 is 11.6 Å². The van der Waals surface area contributed by atoms with Gasteiger partial charge in [-0.25, -0.2) is 0 Å². The van der Waals surface area contributed by atoms with Gasteiger partial charge in [-0.3, -0.25) is 0 Å². The molecule has 0 bridgehead atoms. The van der Waals surface area contributed by atoms with Gasteiger partial charge in [-0.15, -0.1) is 0 Å². The second-order valence-corrected chi connectivity index (χ2v) is 4.18. The first-order chi connectivity index (χ1) is 8.98. The number of hydrogen-bond donors (Lipinski definition) is 0. The lowest BCUT2D eigenvalue weighted by atomic mass is 10.1. The SMILES string of the molecule is FC(F)(F)c1cccc(COc2c[c]ccc2)c1Cl. The summed E-state index contributed by atoms with van der Waals surface area (Å²) in [6.07, 6.45) is -4.46. The van der Waals surface area contributed by atoms with Crippen molar-refractivity contribution < 1.29 is 17.9 Å². The third-order valence-corrected chi connectivity index (χ3v) is 2.90. The zero-order chi connectivity index (χ0) is 13.9. The van der Waals surface area contributed by atoms with Gasteiger partial charge >= 0.3 is 6.18 Å². The van der Waals surface area contributed by atoms with Crippen LogP contribution in [-0.4, -0.2) is 0 Å². The van der Waals surface area contributed by atoms with Gasteiger partial charge < -0.3 is 4.74 Å². The number of alkyl halides is 3. The summed E-state index contributed by atoms with van der Waals surface area (Å²) in [7, 11) is 0. The first-order valence-corrected chi connectivity index (χ1v) is 5.80. The molecule has 2 rings (SSSR count). The molecule has 99 valence electrons. The summed E-state index contributed by atoms with van der Waals surface area (Å²) < 4.78 is 43.3. The third-order valence-electron chi connectivity index (χ3n) is 2.46. The Morgan fingerprint density at radius 2 is 1.95 bits per heavy atom. The Hall–Kier alpha value is -1.68. The molecule has 0 fully saturated rings. The Morgan fingerprint density at radius 3 is 2.58 bits per heavy atom. The van der Waals surface area contributed by atoms with Crippen LogP contribution in [0.4, 0.5) is 13.2 Å². The van der Waals surface area contributed by atoms with Crippen molar-refractivity contribution in [3.63, 3.8) is 0 Å². The summed E-state index contributed by atoms with van der Waals surface area (Å²) in [4.78, 5) is 0. The highest BCUT2D eigenvalue weighted by molar-refractivity contribution is 6.32. The predicted molar refractivity (Wildman–Crippen MR) is 66.1 cm³/mol. The second-order valence-electron chi connectivity index (χ2n) is 3.80. The van der Waals surface area contributed by atoms with Gasteiger partial charge in [0.25, 0.3) is 0 Å². The molecule has 0 N–H and O–H groups in total. The van der Waals surface area contributed by atoms with E-state index in [0.717, 1.165) is 6.07 Å². The average Bonchev–Trinajstić information content (AvgIpc) is 2.37. The predicted octanol–water partition coefficient (Wildman–Crippen LogP) is 4.74. The van der Waals surface area contributed by atoms with E-state index in [-0.39, 0.29) is 11.6 Å². The lowest BCUT2D eigenvalue weighted by molar-refractivity contribution is -0.137. The van der Waals surface area contributed by atoms with Crippen LogP contribution < -0.4 is 4.74 Å². The van der Waals surface area contributed by atoms with Gasteiger partial charge in [-0.05, 0) is 24.3 Å². The number of ether oxygens (including phenoxy) is 1. The van der Waals surface area contributed by atoms with E-state index in [0.29, 0.717) is 11.3 Å². The zero-order valence-electron chi connectivity index (χ0n) is 9.67. The molecule has 1 nitrogen and oxygen atoms in total. The second kappa shape index (κ2) is 5.53. The molecule has 0 aliphatic rings. The van der Waals surface area contributed by atoms with Gasteiger partial charge in [0.15, 0.2) is 0 Å². The van der Waals surface area contributed by atoms with E-state index in [1.54, 1.807) is 24.3 Å². The molecule has 0 atom stereocenters. The molecule has 1 radical (unpaired) electrons. The monoisotopic (exact) mass is 285 g/mol. The van der Waals surface area contributed by atoms with E-state index in [2.05, 4.69) is 6.07 Å². The quantitative estimate of drug-likeness (QED) is 0.791. The Kier molecular flexibility index (Phi) is 4.00. The molecule has 2 aromatic rings. The molecule has 0 unspecified atom stereocenters. The molecule has 0 amide bonds. The van der Waals surface area contributed by atoms with E-state index in [9.17, 15) is 13.2 Å². The lowest BCUT2D eigenvalue weighted by Gasteiger charge is -2.13. The Bertz CT molecular complexity index is 552. The van der Waals surface area contributed by atoms with Gasteiger partial charge in [0.1, 0.15) is 12.4 Å². The summed E-state index contributed by atoms with van der Waals surface area (Å²) >= 11 is 5.75. The molecular formula is C14H9ClF3O. The molecule has 0 saturated heterocycles. The van der Waals surface area contributed by atoms with Gasteiger partial charge in [-0.2, -0.15) is 13.2 Å². The fourth-order valence-electron chi connectivity index (χ4n) is 1.54. The van der Waals surface area contributed by atoms with Crippen LogP contribution in [0.3, 0.4) is 0 Å². The van der Waals surface area contributed by atoms with Gasteiger partial charge in [0, 0.05) is 5.56 Å².